The van der Waals surface area contributed by atoms with Crippen LogP contribution in [0.2, 0.25) is 0 Å². The summed E-state index contributed by atoms with van der Waals surface area (Å²) in [7, 11) is 0. The van der Waals surface area contributed by atoms with Gasteiger partial charge in [0.1, 0.15) is 12.4 Å². The number of hydrogen-bond donors (Lipinski definition) is 2. The molecule has 1 unspecified atom stereocenters. The predicted octanol–water partition coefficient (Wildman–Crippen LogP) is 2.69. The van der Waals surface area contributed by atoms with Gasteiger partial charge < -0.3 is 15.8 Å². The van der Waals surface area contributed by atoms with Gasteiger partial charge in [-0.15, -0.1) is 12.4 Å². The Kier molecular flexibility index (Phi) is 8.16. The first-order valence-electron chi connectivity index (χ1n) is 7.44. The largest absolute Gasteiger partial charge is 0.489 e. The van der Waals surface area contributed by atoms with Gasteiger partial charge in [-0.2, -0.15) is 0 Å². The maximum absolute atomic E-state index is 11.4. The quantitative estimate of drug-likeness (QED) is 0.818. The van der Waals surface area contributed by atoms with Crippen molar-refractivity contribution in [2.45, 2.75) is 26.0 Å². The van der Waals surface area contributed by atoms with Gasteiger partial charge >= 0.3 is 0 Å². The highest BCUT2D eigenvalue weighted by molar-refractivity contribution is 5.85. The van der Waals surface area contributed by atoms with Crippen molar-refractivity contribution in [3.8, 4) is 5.75 Å². The molecule has 3 N–H and O–H groups in total. The first-order valence-corrected chi connectivity index (χ1v) is 7.44. The average molecular weight is 335 g/mol. The number of rotatable bonds is 7. The second-order valence-electron chi connectivity index (χ2n) is 5.25. The summed E-state index contributed by atoms with van der Waals surface area (Å²) in [4.78, 5) is 11.4. The highest BCUT2D eigenvalue weighted by atomic mass is 35.5. The number of halogens is 1. The molecule has 0 aromatic heterocycles. The van der Waals surface area contributed by atoms with Gasteiger partial charge in [0.2, 0.25) is 5.91 Å². The first kappa shape index (κ1) is 19.0. The molecule has 2 rings (SSSR count). The van der Waals surface area contributed by atoms with Crippen LogP contribution < -0.4 is 15.8 Å². The normalized spacial score (nSPS) is 11.2. The van der Waals surface area contributed by atoms with Crippen molar-refractivity contribution >= 4 is 18.3 Å². The van der Waals surface area contributed by atoms with E-state index in [4.69, 9.17) is 10.5 Å². The molecule has 0 fully saturated rings. The zero-order valence-corrected chi connectivity index (χ0v) is 14.0. The number of hydrogen-bond acceptors (Lipinski definition) is 3. The van der Waals surface area contributed by atoms with Gasteiger partial charge in [0.15, 0.2) is 0 Å². The minimum Gasteiger partial charge on any atom is -0.489 e. The zero-order valence-electron chi connectivity index (χ0n) is 13.2. The zero-order chi connectivity index (χ0) is 15.8. The minimum atomic E-state index is -0.464. The topological polar surface area (TPSA) is 64.4 Å². The average Bonchev–Trinajstić information content (AvgIpc) is 2.55. The molecular formula is C18H23ClN2O2. The lowest BCUT2D eigenvalue weighted by Gasteiger charge is -2.09. The summed E-state index contributed by atoms with van der Waals surface area (Å²) < 4.78 is 5.73. The van der Waals surface area contributed by atoms with Gasteiger partial charge in [-0.1, -0.05) is 42.5 Å². The number of carbonyl (C=O) groups excluding carboxylic acids is 1. The van der Waals surface area contributed by atoms with Crippen LogP contribution in [0.5, 0.6) is 5.75 Å². The summed E-state index contributed by atoms with van der Waals surface area (Å²) in [6.45, 7) is 2.82. The van der Waals surface area contributed by atoms with E-state index in [1.54, 1.807) is 6.92 Å². The Balaban J connectivity index is 0.00000264. The van der Waals surface area contributed by atoms with Crippen molar-refractivity contribution in [3.63, 3.8) is 0 Å². The molecule has 124 valence electrons. The summed E-state index contributed by atoms with van der Waals surface area (Å²) in [6.07, 6.45) is 0.775. The standard InChI is InChI=1S/C18H22N2O2.ClH/c1-14(19)18(21)20-12-11-15-7-9-17(10-8-15)22-13-16-5-3-2-4-6-16;/h2-10,14H,11-13,19H2,1H3,(H,20,21);1H. The number of benzene rings is 2. The van der Waals surface area contributed by atoms with Crippen LogP contribution in [0, 0.1) is 0 Å². The Bertz CT molecular complexity index is 586. The molecular weight excluding hydrogens is 312 g/mol. The van der Waals surface area contributed by atoms with Crippen LogP contribution in [0.3, 0.4) is 0 Å². The molecule has 0 aliphatic heterocycles. The Morgan fingerprint density at radius 2 is 1.74 bits per heavy atom. The van der Waals surface area contributed by atoms with Gasteiger partial charge in [-0.3, -0.25) is 4.79 Å². The lowest BCUT2D eigenvalue weighted by molar-refractivity contribution is -0.121. The summed E-state index contributed by atoms with van der Waals surface area (Å²) in [6, 6.07) is 17.5. The van der Waals surface area contributed by atoms with Gasteiger partial charge in [0.25, 0.3) is 0 Å². The Hall–Kier alpha value is -2.04. The van der Waals surface area contributed by atoms with E-state index in [-0.39, 0.29) is 18.3 Å². The predicted molar refractivity (Wildman–Crippen MR) is 94.8 cm³/mol. The fraction of sp³-hybridized carbons (Fsp3) is 0.278. The molecule has 2 aromatic carbocycles. The molecule has 0 aliphatic carbocycles. The maximum atomic E-state index is 11.4. The van der Waals surface area contributed by atoms with Gasteiger partial charge in [0, 0.05) is 6.54 Å². The highest BCUT2D eigenvalue weighted by Gasteiger charge is 2.05. The van der Waals surface area contributed by atoms with Crippen LogP contribution >= 0.6 is 12.4 Å². The SMILES string of the molecule is CC(N)C(=O)NCCc1ccc(OCc2ccccc2)cc1.Cl. The molecule has 0 saturated heterocycles. The van der Waals surface area contributed by atoms with E-state index in [0.717, 1.165) is 23.3 Å². The molecule has 5 heteroatoms. The van der Waals surface area contributed by atoms with Crippen LogP contribution in [0.1, 0.15) is 18.1 Å². The van der Waals surface area contributed by atoms with Crippen molar-refractivity contribution < 1.29 is 9.53 Å². The number of nitrogens with one attached hydrogen (secondary N) is 1. The van der Waals surface area contributed by atoms with Gasteiger partial charge in [0.05, 0.1) is 6.04 Å². The van der Waals surface area contributed by atoms with E-state index >= 15 is 0 Å². The van der Waals surface area contributed by atoms with Crippen molar-refractivity contribution in [2.75, 3.05) is 6.54 Å². The summed E-state index contributed by atoms with van der Waals surface area (Å²) in [5, 5.41) is 2.80. The van der Waals surface area contributed by atoms with E-state index in [9.17, 15) is 4.79 Å². The lowest BCUT2D eigenvalue weighted by Crippen LogP contribution is -2.39. The molecule has 0 saturated carbocycles. The molecule has 4 nitrogen and oxygen atoms in total. The second kappa shape index (κ2) is 9.87. The molecule has 0 aliphatic rings. The molecule has 1 amide bonds. The van der Waals surface area contributed by atoms with Crippen molar-refractivity contribution in [2.24, 2.45) is 5.73 Å². The smallest absolute Gasteiger partial charge is 0.236 e. The molecule has 0 heterocycles. The lowest BCUT2D eigenvalue weighted by atomic mass is 10.1. The highest BCUT2D eigenvalue weighted by Crippen LogP contribution is 2.14. The molecule has 2 aromatic rings. The van der Waals surface area contributed by atoms with E-state index in [0.29, 0.717) is 13.2 Å². The Labute approximate surface area is 143 Å². The molecule has 23 heavy (non-hydrogen) atoms. The summed E-state index contributed by atoms with van der Waals surface area (Å²) >= 11 is 0. The van der Waals surface area contributed by atoms with Crippen LogP contribution in [0.25, 0.3) is 0 Å². The van der Waals surface area contributed by atoms with E-state index in [2.05, 4.69) is 5.32 Å². The number of ether oxygens (including phenoxy) is 1. The minimum absolute atomic E-state index is 0. The molecule has 0 bridgehead atoms. The van der Waals surface area contributed by atoms with E-state index in [1.807, 2.05) is 54.6 Å². The van der Waals surface area contributed by atoms with Crippen molar-refractivity contribution in [1.82, 2.24) is 5.32 Å². The van der Waals surface area contributed by atoms with E-state index < -0.39 is 6.04 Å². The van der Waals surface area contributed by atoms with Gasteiger partial charge in [-0.25, -0.2) is 0 Å². The van der Waals surface area contributed by atoms with Crippen LogP contribution in [-0.4, -0.2) is 18.5 Å². The Morgan fingerprint density at radius 1 is 1.09 bits per heavy atom. The molecule has 1 atom stereocenters. The Morgan fingerprint density at radius 3 is 2.35 bits per heavy atom. The van der Waals surface area contributed by atoms with Crippen molar-refractivity contribution in [1.29, 1.82) is 0 Å². The number of carbonyl (C=O) groups is 1. The summed E-state index contributed by atoms with van der Waals surface area (Å²) in [5.74, 6) is 0.718. The molecule has 0 radical (unpaired) electrons. The van der Waals surface area contributed by atoms with Gasteiger partial charge in [-0.05, 0) is 36.6 Å². The third kappa shape index (κ3) is 6.72. The maximum Gasteiger partial charge on any atom is 0.236 e. The monoisotopic (exact) mass is 334 g/mol. The number of amides is 1. The van der Waals surface area contributed by atoms with E-state index in [1.165, 1.54) is 0 Å². The van der Waals surface area contributed by atoms with Crippen LogP contribution in [0.4, 0.5) is 0 Å². The van der Waals surface area contributed by atoms with Crippen molar-refractivity contribution in [3.05, 3.63) is 65.7 Å². The molecule has 0 spiro atoms. The van der Waals surface area contributed by atoms with Crippen LogP contribution in [0.15, 0.2) is 54.6 Å². The first-order chi connectivity index (χ1) is 10.6. The second-order valence-corrected chi connectivity index (χ2v) is 5.25. The fourth-order valence-corrected chi connectivity index (χ4v) is 1.98. The number of nitrogens with two attached hydrogens (primary N) is 1. The summed E-state index contributed by atoms with van der Waals surface area (Å²) in [5.41, 5.74) is 7.78. The van der Waals surface area contributed by atoms with Crippen LogP contribution in [-0.2, 0) is 17.8 Å². The third-order valence-corrected chi connectivity index (χ3v) is 3.30. The fourth-order valence-electron chi connectivity index (χ4n) is 1.98. The third-order valence-electron chi connectivity index (χ3n) is 3.30.